The number of rotatable bonds is 6. The number of amides is 2. The molecule has 4 aromatic rings. The first-order valence-electron chi connectivity index (χ1n) is 17.5. The van der Waals surface area contributed by atoms with Crippen LogP contribution in [0.2, 0.25) is 0 Å². The van der Waals surface area contributed by atoms with Gasteiger partial charge in [0.15, 0.2) is 0 Å². The number of hydrogen-bond acceptors (Lipinski definition) is 8. The number of nitrogens with zero attached hydrogens (tertiary/aromatic N) is 5. The summed E-state index contributed by atoms with van der Waals surface area (Å²) in [4.78, 5) is 30.6. The number of urea groups is 1. The molecule has 9 rings (SSSR count). The van der Waals surface area contributed by atoms with E-state index in [9.17, 15) is 9.90 Å². The molecule has 3 N–H and O–H groups in total. The van der Waals surface area contributed by atoms with Crippen LogP contribution in [0, 0.1) is 0 Å². The standard InChI is InChI=1S/C37H43N7O3/c45-29-17-24-5-1-2-6-30(24)32(19-29)25-7-10-31-33(18-25)40-35(47-23-37-12-3-15-43(37)16-4-13-37)41-34(31)42-21-27-8-9-28(22-42)44(27)36(46)39-26-11-14-38-20-26/h1-2,5-7,10,17-19,26-28,38,45H,3-4,8-9,11-16,20-23H2,(H,39,46)/t26-,27?,28?/m0/s1. The van der Waals surface area contributed by atoms with Gasteiger partial charge in [0.1, 0.15) is 18.2 Å². The van der Waals surface area contributed by atoms with Gasteiger partial charge in [-0.15, -0.1) is 0 Å². The van der Waals surface area contributed by atoms with Gasteiger partial charge in [0.2, 0.25) is 0 Å². The van der Waals surface area contributed by atoms with Crippen molar-refractivity contribution in [1.82, 2.24) is 30.4 Å². The van der Waals surface area contributed by atoms with E-state index in [1.54, 1.807) is 6.07 Å². The molecule has 5 saturated heterocycles. The van der Waals surface area contributed by atoms with Crippen LogP contribution in [0.5, 0.6) is 11.8 Å². The summed E-state index contributed by atoms with van der Waals surface area (Å²) in [5.41, 5.74) is 2.86. The Balaban J connectivity index is 1.07. The molecule has 0 spiro atoms. The Morgan fingerprint density at radius 2 is 1.79 bits per heavy atom. The van der Waals surface area contributed by atoms with Gasteiger partial charge in [-0.3, -0.25) is 4.90 Å². The predicted octanol–water partition coefficient (Wildman–Crippen LogP) is 4.89. The van der Waals surface area contributed by atoms with E-state index in [0.717, 1.165) is 110 Å². The number of anilines is 1. The number of piperazine rings is 1. The minimum Gasteiger partial charge on any atom is -0.508 e. The summed E-state index contributed by atoms with van der Waals surface area (Å²) >= 11 is 0. The van der Waals surface area contributed by atoms with Crippen LogP contribution in [0.1, 0.15) is 44.9 Å². The number of nitrogens with one attached hydrogen (secondary N) is 2. The van der Waals surface area contributed by atoms with Crippen molar-refractivity contribution in [3.63, 3.8) is 0 Å². The maximum Gasteiger partial charge on any atom is 0.319 e. The molecule has 47 heavy (non-hydrogen) atoms. The Labute approximate surface area is 275 Å². The minimum absolute atomic E-state index is 0.0716. The molecule has 6 heterocycles. The lowest BCUT2D eigenvalue weighted by atomic mass is 9.95. The summed E-state index contributed by atoms with van der Waals surface area (Å²) in [5, 5.41) is 20.3. The first kappa shape index (κ1) is 29.0. The smallest absolute Gasteiger partial charge is 0.319 e. The van der Waals surface area contributed by atoms with Crippen LogP contribution in [0.25, 0.3) is 32.8 Å². The maximum atomic E-state index is 13.4. The van der Waals surface area contributed by atoms with Gasteiger partial charge < -0.3 is 30.3 Å². The molecule has 2 unspecified atom stereocenters. The molecule has 0 radical (unpaired) electrons. The Morgan fingerprint density at radius 1 is 0.979 bits per heavy atom. The van der Waals surface area contributed by atoms with Crippen molar-refractivity contribution in [2.24, 2.45) is 0 Å². The molecule has 5 aliphatic heterocycles. The summed E-state index contributed by atoms with van der Waals surface area (Å²) in [6.45, 7) is 6.16. The van der Waals surface area contributed by atoms with Gasteiger partial charge in [-0.2, -0.15) is 9.97 Å². The van der Waals surface area contributed by atoms with E-state index >= 15 is 0 Å². The number of carbonyl (C=O) groups excluding carboxylic acids is 1. The lowest BCUT2D eigenvalue weighted by molar-refractivity contribution is 0.108. The second-order valence-corrected chi connectivity index (χ2v) is 14.3. The summed E-state index contributed by atoms with van der Waals surface area (Å²) < 4.78 is 6.56. The molecular formula is C37H43N7O3. The highest BCUT2D eigenvalue weighted by molar-refractivity contribution is 6.01. The first-order chi connectivity index (χ1) is 23.0. The van der Waals surface area contributed by atoms with Crippen molar-refractivity contribution >= 4 is 33.5 Å². The Bertz CT molecular complexity index is 1820. The molecule has 3 aromatic carbocycles. The van der Waals surface area contributed by atoms with Gasteiger partial charge in [0, 0.05) is 31.1 Å². The fourth-order valence-electron chi connectivity index (χ4n) is 9.19. The van der Waals surface area contributed by atoms with Crippen LogP contribution in [0.4, 0.5) is 10.6 Å². The molecule has 0 saturated carbocycles. The van der Waals surface area contributed by atoms with E-state index in [0.29, 0.717) is 12.6 Å². The van der Waals surface area contributed by atoms with Gasteiger partial charge in [0.25, 0.3) is 0 Å². The lowest BCUT2D eigenvalue weighted by Crippen LogP contribution is -2.59. The summed E-state index contributed by atoms with van der Waals surface area (Å²) in [6.07, 6.45) is 7.72. The Hall–Kier alpha value is -4.15. The van der Waals surface area contributed by atoms with Crippen molar-refractivity contribution in [1.29, 1.82) is 0 Å². The molecule has 10 heteroatoms. The molecule has 2 amide bonds. The minimum atomic E-state index is 0.0716. The Kier molecular flexibility index (Phi) is 7.12. The topological polar surface area (TPSA) is 106 Å². The molecule has 244 valence electrons. The number of ether oxygens (including phenoxy) is 1. The number of phenols is 1. The fourth-order valence-corrected chi connectivity index (χ4v) is 9.19. The number of aromatic nitrogens is 2. The number of aromatic hydroxyl groups is 1. The monoisotopic (exact) mass is 633 g/mol. The lowest BCUT2D eigenvalue weighted by Gasteiger charge is -2.42. The number of benzene rings is 3. The van der Waals surface area contributed by atoms with Gasteiger partial charge in [0.05, 0.1) is 23.1 Å². The van der Waals surface area contributed by atoms with E-state index in [2.05, 4.69) is 49.6 Å². The highest BCUT2D eigenvalue weighted by Crippen LogP contribution is 2.41. The second-order valence-electron chi connectivity index (χ2n) is 14.3. The third kappa shape index (κ3) is 5.13. The molecule has 1 aromatic heterocycles. The van der Waals surface area contributed by atoms with E-state index in [-0.39, 0.29) is 35.4 Å². The van der Waals surface area contributed by atoms with Crippen LogP contribution in [-0.4, -0.2) is 100 Å². The molecule has 2 bridgehead atoms. The summed E-state index contributed by atoms with van der Waals surface area (Å²) in [6, 6.07) is 19.1. The van der Waals surface area contributed by atoms with E-state index in [1.165, 1.54) is 12.8 Å². The average molecular weight is 634 g/mol. The molecule has 5 aliphatic rings. The maximum absolute atomic E-state index is 13.4. The highest BCUT2D eigenvalue weighted by atomic mass is 16.5. The zero-order valence-electron chi connectivity index (χ0n) is 26.8. The molecule has 5 fully saturated rings. The first-order valence-corrected chi connectivity index (χ1v) is 17.5. The number of carbonyl (C=O) groups is 1. The number of fused-ring (bicyclic) bond motifs is 5. The number of hydrogen-bond donors (Lipinski definition) is 3. The van der Waals surface area contributed by atoms with Crippen LogP contribution >= 0.6 is 0 Å². The van der Waals surface area contributed by atoms with Crippen molar-refractivity contribution in [3.05, 3.63) is 54.6 Å². The highest BCUT2D eigenvalue weighted by Gasteiger charge is 2.46. The zero-order valence-corrected chi connectivity index (χ0v) is 26.8. The van der Waals surface area contributed by atoms with Gasteiger partial charge in [-0.1, -0.05) is 30.3 Å². The average Bonchev–Trinajstić information content (AvgIpc) is 3.87. The third-order valence-electron chi connectivity index (χ3n) is 11.5. The van der Waals surface area contributed by atoms with Crippen molar-refractivity contribution in [2.45, 2.75) is 68.6 Å². The van der Waals surface area contributed by atoms with Crippen molar-refractivity contribution < 1.29 is 14.6 Å². The van der Waals surface area contributed by atoms with E-state index in [1.807, 2.05) is 24.3 Å². The molecule has 3 atom stereocenters. The van der Waals surface area contributed by atoms with Crippen LogP contribution < -0.4 is 20.3 Å². The summed E-state index contributed by atoms with van der Waals surface area (Å²) in [5.74, 6) is 1.12. The largest absolute Gasteiger partial charge is 0.508 e. The Morgan fingerprint density at radius 3 is 2.57 bits per heavy atom. The van der Waals surface area contributed by atoms with Crippen LogP contribution in [-0.2, 0) is 0 Å². The van der Waals surface area contributed by atoms with Crippen molar-refractivity contribution in [3.8, 4) is 22.9 Å². The predicted molar refractivity (Wildman–Crippen MR) is 183 cm³/mol. The fraction of sp³-hybridized carbons (Fsp3) is 0.486. The van der Waals surface area contributed by atoms with E-state index < -0.39 is 0 Å². The van der Waals surface area contributed by atoms with Crippen LogP contribution in [0.3, 0.4) is 0 Å². The van der Waals surface area contributed by atoms with Crippen LogP contribution in [0.15, 0.2) is 54.6 Å². The number of phenolic OH excluding ortho intramolecular Hbond substituents is 1. The van der Waals surface area contributed by atoms with Gasteiger partial charge in [-0.05, 0) is 111 Å². The molecule has 0 aliphatic carbocycles. The van der Waals surface area contributed by atoms with Gasteiger partial charge in [-0.25, -0.2) is 4.79 Å². The molecular weight excluding hydrogens is 590 g/mol. The SMILES string of the molecule is O=C(N[C@H]1CCNC1)N1C2CCC1CN(c1nc(OCC34CCCN3CCC4)nc3cc(-c4cc(O)cc5ccccc45)ccc13)C2. The normalized spacial score (nSPS) is 25.1. The second kappa shape index (κ2) is 11.5. The third-order valence-corrected chi connectivity index (χ3v) is 11.5. The van der Waals surface area contributed by atoms with E-state index in [4.69, 9.17) is 14.7 Å². The quantitative estimate of drug-likeness (QED) is 0.276. The molecule has 10 nitrogen and oxygen atoms in total. The summed E-state index contributed by atoms with van der Waals surface area (Å²) in [7, 11) is 0. The zero-order chi connectivity index (χ0) is 31.5. The van der Waals surface area contributed by atoms with Crippen molar-refractivity contribution in [2.75, 3.05) is 50.8 Å². The van der Waals surface area contributed by atoms with Gasteiger partial charge >= 0.3 is 12.0 Å².